The Bertz CT molecular complexity index is 438. The lowest BCUT2D eigenvalue weighted by Crippen LogP contribution is -2.33. The Hall–Kier alpha value is -0.870. The van der Waals surface area contributed by atoms with Crippen molar-refractivity contribution in [2.24, 2.45) is 5.41 Å². The molecule has 1 aromatic heterocycles. The first-order valence-electron chi connectivity index (χ1n) is 6.07. The van der Waals surface area contributed by atoms with Gasteiger partial charge in [-0.15, -0.1) is 0 Å². The molecule has 2 rings (SSSR count). The molecule has 0 radical (unpaired) electrons. The maximum atomic E-state index is 12.3. The van der Waals surface area contributed by atoms with E-state index in [9.17, 15) is 4.79 Å². The van der Waals surface area contributed by atoms with Crippen LogP contribution in [0.25, 0.3) is 0 Å². The number of rotatable bonds is 3. The van der Waals surface area contributed by atoms with Crippen LogP contribution in [0, 0.1) is 5.41 Å². The van der Waals surface area contributed by atoms with Crippen LogP contribution in [0.1, 0.15) is 39.0 Å². The molecule has 1 saturated carbocycles. The smallest absolute Gasteiger partial charge is 0.231 e. The van der Waals surface area contributed by atoms with Crippen LogP contribution >= 0.6 is 23.2 Å². The largest absolute Gasteiger partial charge is 0.310 e. The van der Waals surface area contributed by atoms with Gasteiger partial charge in [0.15, 0.2) is 0 Å². The molecule has 0 aromatic carbocycles. The molecule has 1 aliphatic rings. The molecule has 1 aromatic rings. The van der Waals surface area contributed by atoms with Crippen LogP contribution in [-0.2, 0) is 4.79 Å². The van der Waals surface area contributed by atoms with Gasteiger partial charge >= 0.3 is 0 Å². The summed E-state index contributed by atoms with van der Waals surface area (Å²) in [5.74, 6) is 0.373. The first-order chi connectivity index (χ1) is 8.55. The summed E-state index contributed by atoms with van der Waals surface area (Å²) >= 11 is 11.5. The lowest BCUT2D eigenvalue weighted by Gasteiger charge is -2.25. The molecular weight excluding hydrogens is 273 g/mol. The number of nitrogens with zero attached hydrogens (tertiary/aromatic N) is 2. The second-order valence-corrected chi connectivity index (χ2v) is 5.37. The number of carbonyl (C=O) groups excluding carboxylic acids is 1. The van der Waals surface area contributed by atoms with E-state index in [-0.39, 0.29) is 21.8 Å². The number of anilines is 1. The lowest BCUT2D eigenvalue weighted by atomic mass is 9.82. The first-order valence-corrected chi connectivity index (χ1v) is 6.83. The highest BCUT2D eigenvalue weighted by Crippen LogP contribution is 2.41. The third kappa shape index (κ3) is 2.75. The molecule has 98 valence electrons. The molecule has 0 unspecified atom stereocenters. The maximum Gasteiger partial charge on any atom is 0.231 e. The normalized spacial score (nSPS) is 17.7. The fraction of sp³-hybridized carbons (Fsp3) is 0.583. The van der Waals surface area contributed by atoms with Crippen molar-refractivity contribution < 1.29 is 4.79 Å². The number of halogens is 2. The fourth-order valence-corrected chi connectivity index (χ4v) is 2.90. The van der Waals surface area contributed by atoms with E-state index in [2.05, 4.69) is 15.3 Å². The van der Waals surface area contributed by atoms with Gasteiger partial charge in [0.1, 0.15) is 11.0 Å². The summed E-state index contributed by atoms with van der Waals surface area (Å²) < 4.78 is 0. The molecule has 1 heterocycles. The Kier molecular flexibility index (Phi) is 4.07. The summed E-state index contributed by atoms with van der Waals surface area (Å²) in [5, 5.41) is 3.06. The predicted octanol–water partition coefficient (Wildman–Crippen LogP) is 3.69. The molecule has 1 N–H and O–H groups in total. The zero-order chi connectivity index (χ0) is 13.2. The van der Waals surface area contributed by atoms with Gasteiger partial charge in [0, 0.05) is 11.5 Å². The maximum absolute atomic E-state index is 12.3. The van der Waals surface area contributed by atoms with E-state index in [1.54, 1.807) is 0 Å². The van der Waals surface area contributed by atoms with Gasteiger partial charge < -0.3 is 5.32 Å². The number of nitrogens with one attached hydrogen (secondary N) is 1. The number of aromatic nitrogens is 2. The lowest BCUT2D eigenvalue weighted by molar-refractivity contribution is -0.125. The van der Waals surface area contributed by atoms with Crippen LogP contribution in [0.3, 0.4) is 0 Å². The van der Waals surface area contributed by atoms with E-state index in [1.807, 2.05) is 6.92 Å². The van der Waals surface area contributed by atoms with Crippen molar-refractivity contribution in [1.82, 2.24) is 9.97 Å². The Balaban J connectivity index is 2.15. The molecule has 1 fully saturated rings. The molecular formula is C12H15Cl2N3O. The average molecular weight is 288 g/mol. The average Bonchev–Trinajstić information content (AvgIpc) is 2.77. The van der Waals surface area contributed by atoms with Crippen LogP contribution in [0.5, 0.6) is 0 Å². The molecule has 18 heavy (non-hydrogen) atoms. The summed E-state index contributed by atoms with van der Waals surface area (Å²) in [5.41, 5.74) is -0.260. The Morgan fingerprint density at radius 1 is 1.39 bits per heavy atom. The molecule has 6 heteroatoms. The molecule has 0 spiro atoms. The van der Waals surface area contributed by atoms with Crippen molar-refractivity contribution in [3.05, 3.63) is 16.5 Å². The Morgan fingerprint density at radius 2 is 2.06 bits per heavy atom. The Labute approximate surface area is 116 Å². The molecule has 1 aliphatic carbocycles. The van der Waals surface area contributed by atoms with Crippen molar-refractivity contribution in [2.45, 2.75) is 39.0 Å². The van der Waals surface area contributed by atoms with Gasteiger partial charge in [-0.25, -0.2) is 9.97 Å². The van der Waals surface area contributed by atoms with E-state index < -0.39 is 0 Å². The van der Waals surface area contributed by atoms with Gasteiger partial charge in [-0.1, -0.05) is 31.4 Å². The number of hydrogen-bond acceptors (Lipinski definition) is 3. The van der Waals surface area contributed by atoms with Crippen molar-refractivity contribution in [2.75, 3.05) is 5.32 Å². The van der Waals surface area contributed by atoms with Crippen molar-refractivity contribution in [1.29, 1.82) is 0 Å². The van der Waals surface area contributed by atoms with Gasteiger partial charge in [-0.05, 0) is 30.9 Å². The first kappa shape index (κ1) is 13.6. The van der Waals surface area contributed by atoms with E-state index in [0.717, 1.165) is 32.1 Å². The Morgan fingerprint density at radius 3 is 2.61 bits per heavy atom. The topological polar surface area (TPSA) is 54.9 Å². The summed E-state index contributed by atoms with van der Waals surface area (Å²) in [7, 11) is 0. The zero-order valence-electron chi connectivity index (χ0n) is 10.2. The highest BCUT2D eigenvalue weighted by atomic mass is 35.5. The van der Waals surface area contributed by atoms with Crippen LogP contribution in [0.2, 0.25) is 10.4 Å². The zero-order valence-corrected chi connectivity index (χ0v) is 11.7. The summed E-state index contributed by atoms with van der Waals surface area (Å²) in [6.45, 7) is 2.05. The number of hydrogen-bond donors (Lipinski definition) is 1. The minimum absolute atomic E-state index is 0.00772. The highest BCUT2D eigenvalue weighted by molar-refractivity contribution is 6.32. The van der Waals surface area contributed by atoms with E-state index >= 15 is 0 Å². The summed E-state index contributed by atoms with van der Waals surface area (Å²) in [4.78, 5) is 20.0. The summed E-state index contributed by atoms with van der Waals surface area (Å²) in [6.07, 6.45) is 4.91. The van der Waals surface area contributed by atoms with Crippen LogP contribution in [0.15, 0.2) is 6.07 Å². The van der Waals surface area contributed by atoms with Gasteiger partial charge in [0.05, 0.1) is 0 Å². The van der Waals surface area contributed by atoms with Crippen molar-refractivity contribution in [3.63, 3.8) is 0 Å². The van der Waals surface area contributed by atoms with Gasteiger partial charge in [-0.3, -0.25) is 4.79 Å². The molecule has 0 saturated heterocycles. The summed E-state index contributed by atoms with van der Waals surface area (Å²) in [6, 6.07) is 1.50. The van der Waals surface area contributed by atoms with Crippen LogP contribution in [0.4, 0.5) is 5.82 Å². The van der Waals surface area contributed by atoms with Gasteiger partial charge in [0.25, 0.3) is 0 Å². The van der Waals surface area contributed by atoms with Crippen LogP contribution in [-0.4, -0.2) is 15.9 Å². The van der Waals surface area contributed by atoms with Crippen molar-refractivity contribution in [3.8, 4) is 0 Å². The molecule has 1 amide bonds. The molecule has 0 bridgehead atoms. The standard InChI is InChI=1S/C12H15Cl2N3O/c1-2-12(5-3-4-6-12)10(18)16-9-7-8(13)15-11(14)17-9/h7H,2-6H2,1H3,(H,15,16,17,18). The quantitative estimate of drug-likeness (QED) is 0.681. The number of carbonyl (C=O) groups is 1. The number of amides is 1. The van der Waals surface area contributed by atoms with Crippen molar-refractivity contribution >= 4 is 34.9 Å². The van der Waals surface area contributed by atoms with E-state index in [0.29, 0.717) is 5.82 Å². The van der Waals surface area contributed by atoms with E-state index in [4.69, 9.17) is 23.2 Å². The molecule has 0 aliphatic heterocycles. The SMILES string of the molecule is CCC1(C(=O)Nc2cc(Cl)nc(Cl)n2)CCCC1. The molecule has 4 nitrogen and oxygen atoms in total. The predicted molar refractivity (Wildman–Crippen MR) is 71.9 cm³/mol. The second-order valence-electron chi connectivity index (χ2n) is 4.64. The minimum atomic E-state index is -0.260. The molecule has 0 atom stereocenters. The third-order valence-electron chi connectivity index (χ3n) is 3.63. The second kappa shape index (κ2) is 5.41. The highest BCUT2D eigenvalue weighted by Gasteiger charge is 2.39. The van der Waals surface area contributed by atoms with Gasteiger partial charge in [-0.2, -0.15) is 0 Å². The minimum Gasteiger partial charge on any atom is -0.310 e. The van der Waals surface area contributed by atoms with Crippen LogP contribution < -0.4 is 5.32 Å². The third-order valence-corrected chi connectivity index (χ3v) is 3.99. The van der Waals surface area contributed by atoms with E-state index in [1.165, 1.54) is 6.07 Å². The monoisotopic (exact) mass is 287 g/mol. The fourth-order valence-electron chi connectivity index (χ4n) is 2.50. The van der Waals surface area contributed by atoms with Gasteiger partial charge in [0.2, 0.25) is 11.2 Å².